The van der Waals surface area contributed by atoms with Crippen molar-refractivity contribution in [2.75, 3.05) is 0 Å². The first-order chi connectivity index (χ1) is 8.81. The van der Waals surface area contributed by atoms with E-state index in [1.54, 1.807) is 18.3 Å². The summed E-state index contributed by atoms with van der Waals surface area (Å²) in [5.41, 5.74) is 0.195. The van der Waals surface area contributed by atoms with Gasteiger partial charge in [0.25, 0.3) is 0 Å². The molecule has 0 N–H and O–H groups in total. The molecule has 7 nitrogen and oxygen atoms in total. The number of aromatic nitrogens is 3. The van der Waals surface area contributed by atoms with E-state index in [1.807, 2.05) is 0 Å². The predicted octanol–water partition coefficient (Wildman–Crippen LogP) is 1.86. The molecular weight excluding hydrogens is 256 g/mol. The van der Waals surface area contributed by atoms with Gasteiger partial charge in [0.2, 0.25) is 0 Å². The second-order valence-electron chi connectivity index (χ2n) is 2.99. The van der Waals surface area contributed by atoms with Crippen LogP contribution in [-0.4, -0.2) is 21.2 Å². The Morgan fingerprint density at radius 1 is 1.33 bits per heavy atom. The normalized spacial score (nSPS) is 9.78. The number of hydrogen-bond acceptors (Lipinski definition) is 8. The monoisotopic (exact) mass is 262 g/mol. The second-order valence-corrected chi connectivity index (χ2v) is 4.05. The fourth-order valence-electron chi connectivity index (χ4n) is 1.17. The van der Waals surface area contributed by atoms with Crippen LogP contribution in [0.15, 0.2) is 52.1 Å². The summed E-state index contributed by atoms with van der Waals surface area (Å²) in [6, 6.07) is 4.89. The van der Waals surface area contributed by atoms with Crippen LogP contribution in [0.1, 0.15) is 10.4 Å². The summed E-state index contributed by atoms with van der Waals surface area (Å²) in [4.78, 5) is 29.8. The summed E-state index contributed by atoms with van der Waals surface area (Å²) < 4.78 is 0. The lowest BCUT2D eigenvalue weighted by Crippen LogP contribution is -2.02. The van der Waals surface area contributed by atoms with Crippen molar-refractivity contribution in [1.29, 1.82) is 0 Å². The maximum Gasteiger partial charge on any atom is 0.370 e. The van der Waals surface area contributed by atoms with Crippen LogP contribution < -0.4 is 0 Å². The first-order valence-corrected chi connectivity index (χ1v) is 5.56. The molecule has 0 atom stereocenters. The number of rotatable bonds is 4. The van der Waals surface area contributed by atoms with Gasteiger partial charge in [-0.15, -0.1) is 10.0 Å². The minimum atomic E-state index is -0.834. The van der Waals surface area contributed by atoms with Crippen molar-refractivity contribution in [1.82, 2.24) is 15.2 Å². The Labute approximate surface area is 106 Å². The van der Waals surface area contributed by atoms with Gasteiger partial charge in [-0.2, -0.15) is 5.10 Å². The van der Waals surface area contributed by atoms with Gasteiger partial charge in [-0.3, -0.25) is 9.82 Å². The van der Waals surface area contributed by atoms with Crippen molar-refractivity contribution >= 4 is 17.7 Å². The highest BCUT2D eigenvalue weighted by molar-refractivity contribution is 7.99. The van der Waals surface area contributed by atoms with Gasteiger partial charge in [0.1, 0.15) is 5.03 Å². The Bertz CT molecular complexity index is 564. The minimum Gasteiger partial charge on any atom is -0.279 e. The first kappa shape index (κ1) is 12.1. The van der Waals surface area contributed by atoms with Crippen LogP contribution in [0.3, 0.4) is 0 Å². The van der Waals surface area contributed by atoms with Crippen LogP contribution in [0.2, 0.25) is 0 Å². The molecule has 2 aromatic rings. The standard InChI is InChI=1S/C10H6N4O3S/c15-10(17-14-16)7-3-5-11-6-8(7)18-9-2-1-4-12-13-9/h1-6H. The van der Waals surface area contributed by atoms with Gasteiger partial charge >= 0.3 is 5.97 Å². The molecule has 8 heteroatoms. The predicted molar refractivity (Wildman–Crippen MR) is 61.6 cm³/mol. The van der Waals surface area contributed by atoms with Crippen molar-refractivity contribution in [3.8, 4) is 0 Å². The van der Waals surface area contributed by atoms with Crippen molar-refractivity contribution in [3.05, 3.63) is 47.3 Å². The molecule has 0 aromatic carbocycles. The lowest BCUT2D eigenvalue weighted by atomic mass is 10.3. The summed E-state index contributed by atoms with van der Waals surface area (Å²) in [6.07, 6.45) is 4.43. The first-order valence-electron chi connectivity index (χ1n) is 4.75. The molecule has 0 saturated carbocycles. The third-order valence-corrected chi connectivity index (χ3v) is 2.86. The zero-order valence-electron chi connectivity index (χ0n) is 8.89. The molecule has 0 spiro atoms. The van der Waals surface area contributed by atoms with E-state index in [0.29, 0.717) is 9.92 Å². The molecule has 0 aliphatic rings. The van der Waals surface area contributed by atoms with Crippen LogP contribution >= 0.6 is 11.8 Å². The van der Waals surface area contributed by atoms with Gasteiger partial charge < -0.3 is 0 Å². The molecule has 2 heterocycles. The van der Waals surface area contributed by atoms with Crippen molar-refractivity contribution in [3.63, 3.8) is 0 Å². The fraction of sp³-hybridized carbons (Fsp3) is 0. The quantitative estimate of drug-likeness (QED) is 0.613. The summed E-state index contributed by atoms with van der Waals surface area (Å²) >= 11 is 1.19. The number of nitrogens with zero attached hydrogens (tertiary/aromatic N) is 4. The van der Waals surface area contributed by atoms with Gasteiger partial charge in [0.05, 0.1) is 5.56 Å². The van der Waals surface area contributed by atoms with E-state index in [2.05, 4.69) is 25.4 Å². The lowest BCUT2D eigenvalue weighted by molar-refractivity contribution is 0.0504. The summed E-state index contributed by atoms with van der Waals surface area (Å²) in [5.74, 6) is -0.834. The van der Waals surface area contributed by atoms with E-state index in [1.165, 1.54) is 30.2 Å². The molecule has 2 rings (SSSR count). The molecule has 0 fully saturated rings. The maximum atomic E-state index is 11.5. The molecule has 0 bridgehead atoms. The Morgan fingerprint density at radius 3 is 2.94 bits per heavy atom. The smallest absolute Gasteiger partial charge is 0.279 e. The van der Waals surface area contributed by atoms with Gasteiger partial charge in [-0.25, -0.2) is 4.79 Å². The molecule has 0 radical (unpaired) electrons. The van der Waals surface area contributed by atoms with Crippen LogP contribution in [0.5, 0.6) is 0 Å². The average Bonchev–Trinajstić information content (AvgIpc) is 2.41. The molecule has 90 valence electrons. The van der Waals surface area contributed by atoms with E-state index >= 15 is 0 Å². The van der Waals surface area contributed by atoms with E-state index in [-0.39, 0.29) is 5.56 Å². The van der Waals surface area contributed by atoms with Crippen molar-refractivity contribution in [2.24, 2.45) is 5.34 Å². The van der Waals surface area contributed by atoms with E-state index in [4.69, 9.17) is 0 Å². The highest BCUT2D eigenvalue weighted by Gasteiger charge is 2.15. The van der Waals surface area contributed by atoms with Crippen LogP contribution in [0, 0.1) is 4.91 Å². The SMILES string of the molecule is O=NOC(=O)c1ccncc1Sc1cccnn1. The Morgan fingerprint density at radius 2 is 2.22 bits per heavy atom. The third kappa shape index (κ3) is 2.86. The van der Waals surface area contributed by atoms with Crippen molar-refractivity contribution in [2.45, 2.75) is 9.92 Å². The highest BCUT2D eigenvalue weighted by Crippen LogP contribution is 2.28. The number of carbonyl (C=O) groups excluding carboxylic acids is 1. The Balaban J connectivity index is 2.28. The Hall–Kier alpha value is -2.35. The molecule has 0 aliphatic heterocycles. The van der Waals surface area contributed by atoms with E-state index in [9.17, 15) is 9.70 Å². The molecule has 0 aliphatic carbocycles. The minimum absolute atomic E-state index is 0.195. The summed E-state index contributed by atoms with van der Waals surface area (Å²) in [7, 11) is 0. The van der Waals surface area contributed by atoms with Gasteiger partial charge in [-0.05, 0) is 18.2 Å². The highest BCUT2D eigenvalue weighted by atomic mass is 32.2. The number of carbonyl (C=O) groups is 1. The number of hydrogen-bond donors (Lipinski definition) is 0. The topological polar surface area (TPSA) is 94.4 Å². The molecule has 0 unspecified atom stereocenters. The van der Waals surface area contributed by atoms with E-state index < -0.39 is 5.97 Å². The summed E-state index contributed by atoms with van der Waals surface area (Å²) in [5, 5.41) is 10.3. The number of pyridine rings is 1. The molecular formula is C10H6N4O3S. The molecule has 0 amide bonds. The van der Waals surface area contributed by atoms with E-state index in [0.717, 1.165) is 0 Å². The third-order valence-electron chi connectivity index (χ3n) is 1.89. The zero-order valence-corrected chi connectivity index (χ0v) is 9.70. The zero-order chi connectivity index (χ0) is 12.8. The largest absolute Gasteiger partial charge is 0.370 e. The van der Waals surface area contributed by atoms with Gasteiger partial charge in [0, 0.05) is 23.5 Å². The fourth-order valence-corrected chi connectivity index (χ4v) is 2.00. The second kappa shape index (κ2) is 5.82. The van der Waals surface area contributed by atoms with Gasteiger partial charge in [0.15, 0.2) is 5.34 Å². The molecule has 18 heavy (non-hydrogen) atoms. The summed E-state index contributed by atoms with van der Waals surface area (Å²) in [6.45, 7) is 0. The maximum absolute atomic E-state index is 11.5. The van der Waals surface area contributed by atoms with Crippen LogP contribution in [0.4, 0.5) is 0 Å². The van der Waals surface area contributed by atoms with Crippen LogP contribution in [-0.2, 0) is 4.84 Å². The molecule has 0 saturated heterocycles. The van der Waals surface area contributed by atoms with Crippen molar-refractivity contribution < 1.29 is 9.63 Å². The average molecular weight is 262 g/mol. The Kier molecular flexibility index (Phi) is 3.92. The van der Waals surface area contributed by atoms with Crippen LogP contribution in [0.25, 0.3) is 0 Å². The molecule has 2 aromatic heterocycles. The van der Waals surface area contributed by atoms with Gasteiger partial charge in [-0.1, -0.05) is 11.8 Å². The lowest BCUT2D eigenvalue weighted by Gasteiger charge is -2.03.